The molecule has 1 aliphatic rings. The number of nitrogens with two attached hydrogens (primary N) is 1. The van der Waals surface area contributed by atoms with Crippen molar-refractivity contribution < 1.29 is 9.53 Å². The van der Waals surface area contributed by atoms with E-state index in [0.29, 0.717) is 6.42 Å². The Hall–Kier alpha value is -1.66. The molecule has 0 saturated carbocycles. The van der Waals surface area contributed by atoms with Crippen LogP contribution in [0.3, 0.4) is 0 Å². The molecule has 1 unspecified atom stereocenters. The van der Waals surface area contributed by atoms with E-state index in [1.807, 2.05) is 24.4 Å². The van der Waals surface area contributed by atoms with Crippen molar-refractivity contribution in [3.8, 4) is 0 Å². The minimum absolute atomic E-state index is 0.336. The van der Waals surface area contributed by atoms with Gasteiger partial charge in [0, 0.05) is 38.9 Å². The fraction of sp³-hybridized carbons (Fsp3) is 0.571. The summed E-state index contributed by atoms with van der Waals surface area (Å²) in [6.07, 6.45) is 2.45. The maximum absolute atomic E-state index is 11.2. The molecule has 1 aromatic rings. The van der Waals surface area contributed by atoms with Crippen LogP contribution in [0.5, 0.6) is 0 Å². The van der Waals surface area contributed by atoms with Gasteiger partial charge in [-0.25, -0.2) is 4.98 Å². The number of carbonyl (C=O) groups is 1. The molecule has 0 spiro atoms. The van der Waals surface area contributed by atoms with Gasteiger partial charge in [0.25, 0.3) is 0 Å². The van der Waals surface area contributed by atoms with Gasteiger partial charge in [0.05, 0.1) is 7.11 Å². The van der Waals surface area contributed by atoms with Crippen LogP contribution < -0.4 is 10.6 Å². The molecule has 1 fully saturated rings. The number of aromatic nitrogens is 1. The fourth-order valence-corrected chi connectivity index (χ4v) is 2.33. The zero-order valence-electron chi connectivity index (χ0n) is 11.9. The molecule has 1 atom stereocenters. The first kappa shape index (κ1) is 14.7. The molecule has 2 N–H and O–H groups in total. The van der Waals surface area contributed by atoms with Gasteiger partial charge in [0.2, 0.25) is 0 Å². The Morgan fingerprint density at radius 2 is 2.15 bits per heavy atom. The van der Waals surface area contributed by atoms with Crippen molar-refractivity contribution in [1.82, 2.24) is 9.88 Å². The second-order valence-corrected chi connectivity index (χ2v) is 4.93. The lowest BCUT2D eigenvalue weighted by Gasteiger charge is -2.35. The number of methoxy groups -OCH3 is 1. The summed E-state index contributed by atoms with van der Waals surface area (Å²) in [5.41, 5.74) is 5.74. The van der Waals surface area contributed by atoms with E-state index in [4.69, 9.17) is 5.73 Å². The summed E-state index contributed by atoms with van der Waals surface area (Å²) in [7, 11) is 1.37. The molecule has 1 aromatic heterocycles. The van der Waals surface area contributed by atoms with Gasteiger partial charge >= 0.3 is 5.97 Å². The van der Waals surface area contributed by atoms with E-state index in [1.165, 1.54) is 7.11 Å². The van der Waals surface area contributed by atoms with Gasteiger partial charge in [0.15, 0.2) is 0 Å². The zero-order valence-corrected chi connectivity index (χ0v) is 11.9. The van der Waals surface area contributed by atoms with Gasteiger partial charge in [-0.2, -0.15) is 0 Å². The summed E-state index contributed by atoms with van der Waals surface area (Å²) in [6.45, 7) is 4.65. The fourth-order valence-electron chi connectivity index (χ4n) is 2.33. The van der Waals surface area contributed by atoms with Crippen LogP contribution in [0.1, 0.15) is 6.42 Å². The minimum atomic E-state index is -0.520. The Balaban J connectivity index is 1.73. The third kappa shape index (κ3) is 3.91. The van der Waals surface area contributed by atoms with Crippen molar-refractivity contribution in [1.29, 1.82) is 0 Å². The van der Waals surface area contributed by atoms with E-state index in [0.717, 1.165) is 38.5 Å². The molecule has 6 nitrogen and oxygen atoms in total. The lowest BCUT2D eigenvalue weighted by molar-refractivity contribution is -0.142. The van der Waals surface area contributed by atoms with E-state index in [1.54, 1.807) is 0 Å². The molecule has 2 heterocycles. The van der Waals surface area contributed by atoms with Gasteiger partial charge in [0.1, 0.15) is 11.9 Å². The van der Waals surface area contributed by atoms with Crippen molar-refractivity contribution in [2.75, 3.05) is 44.7 Å². The molecule has 0 aliphatic carbocycles. The molecular weight excluding hydrogens is 256 g/mol. The molecule has 2 rings (SSSR count). The lowest BCUT2D eigenvalue weighted by Crippen LogP contribution is -2.48. The van der Waals surface area contributed by atoms with Crippen LogP contribution in [-0.4, -0.2) is 61.7 Å². The smallest absolute Gasteiger partial charge is 0.322 e. The van der Waals surface area contributed by atoms with Gasteiger partial charge in [-0.05, 0) is 18.6 Å². The summed E-state index contributed by atoms with van der Waals surface area (Å²) in [5, 5.41) is 0. The monoisotopic (exact) mass is 278 g/mol. The number of rotatable bonds is 5. The van der Waals surface area contributed by atoms with Crippen molar-refractivity contribution in [3.05, 3.63) is 24.4 Å². The van der Waals surface area contributed by atoms with Crippen molar-refractivity contribution in [3.63, 3.8) is 0 Å². The first-order valence-corrected chi connectivity index (χ1v) is 6.92. The molecule has 0 radical (unpaired) electrons. The largest absolute Gasteiger partial charge is 0.468 e. The number of piperazine rings is 1. The summed E-state index contributed by atoms with van der Waals surface area (Å²) >= 11 is 0. The third-order valence-corrected chi connectivity index (χ3v) is 3.61. The molecule has 110 valence electrons. The number of ether oxygens (including phenoxy) is 1. The Kier molecular flexibility index (Phi) is 5.31. The number of hydrogen-bond donors (Lipinski definition) is 1. The van der Waals surface area contributed by atoms with Crippen molar-refractivity contribution in [2.45, 2.75) is 12.5 Å². The van der Waals surface area contributed by atoms with Crippen LogP contribution in [-0.2, 0) is 9.53 Å². The van der Waals surface area contributed by atoms with Gasteiger partial charge < -0.3 is 15.4 Å². The van der Waals surface area contributed by atoms with Gasteiger partial charge in [-0.1, -0.05) is 6.07 Å². The molecule has 20 heavy (non-hydrogen) atoms. The topological polar surface area (TPSA) is 71.7 Å². The number of pyridine rings is 1. The molecule has 0 bridgehead atoms. The zero-order chi connectivity index (χ0) is 14.4. The highest BCUT2D eigenvalue weighted by molar-refractivity contribution is 5.75. The van der Waals surface area contributed by atoms with E-state index < -0.39 is 6.04 Å². The first-order valence-electron chi connectivity index (χ1n) is 6.92. The molecule has 0 aromatic carbocycles. The SMILES string of the molecule is COC(=O)C(N)CCN1CCN(c2ccccn2)CC1. The summed E-state index contributed by atoms with van der Waals surface area (Å²) in [4.78, 5) is 20.2. The highest BCUT2D eigenvalue weighted by Crippen LogP contribution is 2.12. The molecule has 1 saturated heterocycles. The second-order valence-electron chi connectivity index (χ2n) is 4.93. The third-order valence-electron chi connectivity index (χ3n) is 3.61. The molecule has 6 heteroatoms. The van der Waals surface area contributed by atoms with Crippen LogP contribution in [0.2, 0.25) is 0 Å². The average molecular weight is 278 g/mol. The second kappa shape index (κ2) is 7.21. The van der Waals surface area contributed by atoms with Crippen LogP contribution >= 0.6 is 0 Å². The Morgan fingerprint density at radius 1 is 1.40 bits per heavy atom. The first-order chi connectivity index (χ1) is 9.70. The Bertz CT molecular complexity index is 418. The summed E-state index contributed by atoms with van der Waals surface area (Å²) in [6, 6.07) is 5.44. The Labute approximate surface area is 119 Å². The summed E-state index contributed by atoms with van der Waals surface area (Å²) < 4.78 is 4.63. The Morgan fingerprint density at radius 3 is 2.75 bits per heavy atom. The maximum Gasteiger partial charge on any atom is 0.322 e. The maximum atomic E-state index is 11.2. The van der Waals surface area contributed by atoms with E-state index in [-0.39, 0.29) is 5.97 Å². The number of carbonyl (C=O) groups excluding carboxylic acids is 1. The minimum Gasteiger partial charge on any atom is -0.468 e. The van der Waals surface area contributed by atoms with Crippen molar-refractivity contribution >= 4 is 11.8 Å². The normalized spacial score (nSPS) is 17.8. The standard InChI is InChI=1S/C14H22N4O2/c1-20-14(19)12(15)5-7-17-8-10-18(11-9-17)13-4-2-3-6-16-13/h2-4,6,12H,5,7-11,15H2,1H3. The number of nitrogens with zero attached hydrogens (tertiary/aromatic N) is 3. The molecule has 1 aliphatic heterocycles. The number of hydrogen-bond acceptors (Lipinski definition) is 6. The highest BCUT2D eigenvalue weighted by Gasteiger charge is 2.20. The van der Waals surface area contributed by atoms with Gasteiger partial charge in [-0.3, -0.25) is 9.69 Å². The van der Waals surface area contributed by atoms with Crippen molar-refractivity contribution in [2.24, 2.45) is 5.73 Å². The number of esters is 1. The predicted octanol–water partition coefficient (Wildman–Crippen LogP) is 0.0940. The number of anilines is 1. The summed E-state index contributed by atoms with van der Waals surface area (Å²) in [5.74, 6) is 0.690. The van der Waals surface area contributed by atoms with Gasteiger partial charge in [-0.15, -0.1) is 0 Å². The molecule has 0 amide bonds. The quantitative estimate of drug-likeness (QED) is 0.770. The van der Waals surface area contributed by atoms with E-state index in [2.05, 4.69) is 19.5 Å². The average Bonchev–Trinajstić information content (AvgIpc) is 2.53. The molecular formula is C14H22N4O2. The lowest BCUT2D eigenvalue weighted by atomic mass is 10.2. The van der Waals surface area contributed by atoms with E-state index in [9.17, 15) is 4.79 Å². The van der Waals surface area contributed by atoms with Crippen LogP contribution in [0.25, 0.3) is 0 Å². The van der Waals surface area contributed by atoms with E-state index >= 15 is 0 Å². The predicted molar refractivity (Wildman–Crippen MR) is 77.5 cm³/mol. The highest BCUT2D eigenvalue weighted by atomic mass is 16.5. The van der Waals surface area contributed by atoms with Crippen LogP contribution in [0.15, 0.2) is 24.4 Å². The van der Waals surface area contributed by atoms with Crippen LogP contribution in [0, 0.1) is 0 Å². The van der Waals surface area contributed by atoms with Crippen LogP contribution in [0.4, 0.5) is 5.82 Å².